The van der Waals surface area contributed by atoms with Crippen molar-refractivity contribution in [2.75, 3.05) is 13.6 Å². The molecule has 0 aliphatic rings. The summed E-state index contributed by atoms with van der Waals surface area (Å²) in [6.07, 6.45) is 2.80. The molecule has 0 aliphatic carbocycles. The standard InChI is InChI=1S/C16H21FN2O/c1-12(2)7-8-19(3)10-15-11-20-16(18-15)13-5-4-6-14(17)9-13/h4-6,9,11-12H,7-8,10H2,1-3H3. The van der Waals surface area contributed by atoms with E-state index in [1.807, 2.05) is 0 Å². The van der Waals surface area contributed by atoms with Crippen LogP contribution in [0.2, 0.25) is 0 Å². The van der Waals surface area contributed by atoms with Gasteiger partial charge >= 0.3 is 0 Å². The molecule has 0 amide bonds. The van der Waals surface area contributed by atoms with Crippen molar-refractivity contribution in [2.45, 2.75) is 26.8 Å². The lowest BCUT2D eigenvalue weighted by molar-refractivity contribution is 0.300. The van der Waals surface area contributed by atoms with Gasteiger partial charge in [0.1, 0.15) is 12.1 Å². The van der Waals surface area contributed by atoms with Gasteiger partial charge in [-0.3, -0.25) is 0 Å². The zero-order valence-electron chi connectivity index (χ0n) is 12.3. The number of nitrogens with zero attached hydrogens (tertiary/aromatic N) is 2. The Morgan fingerprint density at radius 2 is 2.15 bits per heavy atom. The van der Waals surface area contributed by atoms with Gasteiger partial charge in [-0.2, -0.15) is 0 Å². The topological polar surface area (TPSA) is 29.3 Å². The van der Waals surface area contributed by atoms with Gasteiger partial charge in [-0.1, -0.05) is 19.9 Å². The van der Waals surface area contributed by atoms with Crippen molar-refractivity contribution < 1.29 is 8.81 Å². The van der Waals surface area contributed by atoms with Gasteiger partial charge in [0.2, 0.25) is 5.89 Å². The molecule has 1 heterocycles. The Balaban J connectivity index is 1.99. The summed E-state index contributed by atoms with van der Waals surface area (Å²) in [5.41, 5.74) is 1.54. The molecule has 0 N–H and O–H groups in total. The molecule has 0 atom stereocenters. The molecule has 0 saturated carbocycles. The summed E-state index contributed by atoms with van der Waals surface area (Å²) in [5, 5.41) is 0. The minimum atomic E-state index is -0.281. The second-order valence-electron chi connectivity index (χ2n) is 5.57. The van der Waals surface area contributed by atoms with Crippen molar-refractivity contribution in [3.63, 3.8) is 0 Å². The number of hydrogen-bond acceptors (Lipinski definition) is 3. The molecule has 0 fully saturated rings. The summed E-state index contributed by atoms with van der Waals surface area (Å²) < 4.78 is 18.6. The highest BCUT2D eigenvalue weighted by molar-refractivity contribution is 5.52. The molecule has 2 rings (SSSR count). The molecule has 0 bridgehead atoms. The van der Waals surface area contributed by atoms with Gasteiger partial charge in [0.05, 0.1) is 5.69 Å². The van der Waals surface area contributed by atoms with Crippen LogP contribution in [-0.2, 0) is 6.54 Å². The first-order valence-electron chi connectivity index (χ1n) is 6.93. The lowest BCUT2D eigenvalue weighted by atomic mass is 10.1. The van der Waals surface area contributed by atoms with E-state index < -0.39 is 0 Å². The highest BCUT2D eigenvalue weighted by atomic mass is 19.1. The Hall–Kier alpha value is -1.68. The first-order valence-corrected chi connectivity index (χ1v) is 6.93. The van der Waals surface area contributed by atoms with Crippen molar-refractivity contribution in [3.05, 3.63) is 42.0 Å². The molecule has 1 aromatic heterocycles. The number of aromatic nitrogens is 1. The lowest BCUT2D eigenvalue weighted by Crippen LogP contribution is -2.20. The van der Waals surface area contributed by atoms with Crippen LogP contribution in [0.25, 0.3) is 11.5 Å². The van der Waals surface area contributed by atoms with Crippen LogP contribution in [0, 0.1) is 11.7 Å². The number of benzene rings is 1. The SMILES string of the molecule is CC(C)CCN(C)Cc1coc(-c2cccc(F)c2)n1. The van der Waals surface area contributed by atoms with Crippen molar-refractivity contribution in [1.29, 1.82) is 0 Å². The highest BCUT2D eigenvalue weighted by Gasteiger charge is 2.09. The zero-order chi connectivity index (χ0) is 14.5. The molecule has 2 aromatic rings. The molecule has 4 heteroatoms. The van der Waals surface area contributed by atoms with Crippen LogP contribution in [0.5, 0.6) is 0 Å². The lowest BCUT2D eigenvalue weighted by Gasteiger charge is -2.15. The Kier molecular flexibility index (Phi) is 4.90. The van der Waals surface area contributed by atoms with Crippen molar-refractivity contribution in [2.24, 2.45) is 5.92 Å². The van der Waals surface area contributed by atoms with E-state index in [0.29, 0.717) is 17.4 Å². The Morgan fingerprint density at radius 3 is 2.85 bits per heavy atom. The van der Waals surface area contributed by atoms with E-state index in [1.165, 1.54) is 12.1 Å². The van der Waals surface area contributed by atoms with Gasteiger partial charge in [-0.15, -0.1) is 0 Å². The van der Waals surface area contributed by atoms with Crippen LogP contribution in [0.4, 0.5) is 4.39 Å². The first-order chi connectivity index (χ1) is 9.54. The van der Waals surface area contributed by atoms with Gasteiger partial charge in [0.25, 0.3) is 0 Å². The van der Waals surface area contributed by atoms with Crippen LogP contribution in [0.3, 0.4) is 0 Å². The van der Waals surface area contributed by atoms with E-state index in [0.717, 1.165) is 25.2 Å². The highest BCUT2D eigenvalue weighted by Crippen LogP contribution is 2.20. The van der Waals surface area contributed by atoms with Crippen molar-refractivity contribution >= 4 is 0 Å². The van der Waals surface area contributed by atoms with Crippen LogP contribution in [-0.4, -0.2) is 23.5 Å². The summed E-state index contributed by atoms with van der Waals surface area (Å²) in [5.74, 6) is 0.880. The third-order valence-electron chi connectivity index (χ3n) is 3.14. The molecular formula is C16H21FN2O. The smallest absolute Gasteiger partial charge is 0.226 e. The van der Waals surface area contributed by atoms with E-state index in [2.05, 4.69) is 30.8 Å². The monoisotopic (exact) mass is 276 g/mol. The zero-order valence-corrected chi connectivity index (χ0v) is 12.3. The molecule has 0 aliphatic heterocycles. The number of halogens is 1. The van der Waals surface area contributed by atoms with Crippen LogP contribution in [0.15, 0.2) is 34.9 Å². The fraction of sp³-hybridized carbons (Fsp3) is 0.438. The maximum Gasteiger partial charge on any atom is 0.226 e. The van der Waals surface area contributed by atoms with Crippen molar-refractivity contribution in [1.82, 2.24) is 9.88 Å². The molecule has 108 valence electrons. The molecular weight excluding hydrogens is 255 g/mol. The van der Waals surface area contributed by atoms with Gasteiger partial charge in [-0.25, -0.2) is 9.37 Å². The van der Waals surface area contributed by atoms with Gasteiger partial charge in [-0.05, 0) is 44.1 Å². The quantitative estimate of drug-likeness (QED) is 0.799. The summed E-state index contributed by atoms with van der Waals surface area (Å²) in [6.45, 7) is 6.20. The minimum Gasteiger partial charge on any atom is -0.444 e. The van der Waals surface area contributed by atoms with E-state index in [1.54, 1.807) is 18.4 Å². The number of rotatable bonds is 6. The fourth-order valence-corrected chi connectivity index (χ4v) is 1.97. The third kappa shape index (κ3) is 4.17. The second kappa shape index (κ2) is 6.66. The minimum absolute atomic E-state index is 0.281. The molecule has 0 unspecified atom stereocenters. The van der Waals surface area contributed by atoms with Crippen molar-refractivity contribution in [3.8, 4) is 11.5 Å². The van der Waals surface area contributed by atoms with Gasteiger partial charge < -0.3 is 9.32 Å². The number of hydrogen-bond donors (Lipinski definition) is 0. The van der Waals surface area contributed by atoms with E-state index in [-0.39, 0.29) is 5.82 Å². The van der Waals surface area contributed by atoms with Gasteiger partial charge in [0.15, 0.2) is 0 Å². The van der Waals surface area contributed by atoms with Crippen LogP contribution in [0.1, 0.15) is 26.0 Å². The Bertz CT molecular complexity index is 551. The maximum atomic E-state index is 13.2. The normalized spacial score (nSPS) is 11.5. The van der Waals surface area contributed by atoms with Crippen LogP contribution < -0.4 is 0 Å². The predicted molar refractivity (Wildman–Crippen MR) is 77.7 cm³/mol. The summed E-state index contributed by atoms with van der Waals surface area (Å²) >= 11 is 0. The third-order valence-corrected chi connectivity index (χ3v) is 3.14. The maximum absolute atomic E-state index is 13.2. The Morgan fingerprint density at radius 1 is 1.35 bits per heavy atom. The molecule has 3 nitrogen and oxygen atoms in total. The van der Waals surface area contributed by atoms with E-state index >= 15 is 0 Å². The second-order valence-corrected chi connectivity index (χ2v) is 5.57. The van der Waals surface area contributed by atoms with E-state index in [4.69, 9.17) is 4.42 Å². The number of oxazole rings is 1. The molecule has 0 spiro atoms. The average molecular weight is 276 g/mol. The molecule has 20 heavy (non-hydrogen) atoms. The summed E-state index contributed by atoms with van der Waals surface area (Å²) in [4.78, 5) is 6.63. The van der Waals surface area contributed by atoms with Gasteiger partial charge in [0, 0.05) is 12.1 Å². The summed E-state index contributed by atoms with van der Waals surface area (Å²) in [6, 6.07) is 6.29. The summed E-state index contributed by atoms with van der Waals surface area (Å²) in [7, 11) is 2.07. The first kappa shape index (κ1) is 14.7. The molecule has 0 radical (unpaired) electrons. The molecule has 1 aromatic carbocycles. The largest absolute Gasteiger partial charge is 0.444 e. The fourth-order valence-electron chi connectivity index (χ4n) is 1.97. The average Bonchev–Trinajstić information content (AvgIpc) is 2.85. The van der Waals surface area contributed by atoms with E-state index in [9.17, 15) is 4.39 Å². The van der Waals surface area contributed by atoms with Crippen LogP contribution >= 0.6 is 0 Å². The molecule has 0 saturated heterocycles. The predicted octanol–water partition coefficient (Wildman–Crippen LogP) is 3.96. The Labute approximate surface area is 119 Å².